The van der Waals surface area contributed by atoms with Gasteiger partial charge < -0.3 is 0 Å². The van der Waals surface area contributed by atoms with Crippen molar-refractivity contribution >= 4 is 31.9 Å². The maximum Gasteiger partial charge on any atom is 0.0435 e. The molecule has 1 unspecified atom stereocenters. The second-order valence-corrected chi connectivity index (χ2v) is 7.07. The molecule has 0 saturated heterocycles. The van der Waals surface area contributed by atoms with Crippen LogP contribution in [0.1, 0.15) is 32.6 Å². The molecule has 2 heteroatoms. The van der Waals surface area contributed by atoms with Crippen LogP contribution < -0.4 is 0 Å². The van der Waals surface area contributed by atoms with Crippen molar-refractivity contribution in [1.82, 2.24) is 0 Å². The summed E-state index contributed by atoms with van der Waals surface area (Å²) < 4.78 is 1.17. The third-order valence-corrected chi connectivity index (χ3v) is 5.19. The van der Waals surface area contributed by atoms with Gasteiger partial charge in [-0.15, -0.1) is 0 Å². The summed E-state index contributed by atoms with van der Waals surface area (Å²) in [6.45, 7) is 6.46. The van der Waals surface area contributed by atoms with Crippen LogP contribution in [0.15, 0.2) is 40.9 Å². The first kappa shape index (κ1) is 14.8. The van der Waals surface area contributed by atoms with Gasteiger partial charge in [-0.3, -0.25) is 0 Å². The number of hydrogen-bond acceptors (Lipinski definition) is 0. The van der Waals surface area contributed by atoms with Gasteiger partial charge in [-0.05, 0) is 55.5 Å². The summed E-state index contributed by atoms with van der Waals surface area (Å²) in [7, 11) is 0. The third-order valence-electron chi connectivity index (χ3n) is 3.45. The Labute approximate surface area is 132 Å². The highest BCUT2D eigenvalue weighted by Crippen LogP contribution is 2.30. The van der Waals surface area contributed by atoms with E-state index in [4.69, 9.17) is 0 Å². The van der Waals surface area contributed by atoms with Crippen molar-refractivity contribution in [2.75, 3.05) is 0 Å². The molecule has 0 aromatic heterocycles. The fraction of sp³-hybridized carbons (Fsp3) is 0.294. The summed E-state index contributed by atoms with van der Waals surface area (Å²) in [6.07, 6.45) is 1.02. The summed E-state index contributed by atoms with van der Waals surface area (Å²) in [5.74, 6) is 0. The molecule has 0 amide bonds. The fourth-order valence-corrected chi connectivity index (χ4v) is 3.07. The molecule has 100 valence electrons. The van der Waals surface area contributed by atoms with Gasteiger partial charge in [0.1, 0.15) is 0 Å². The first-order chi connectivity index (χ1) is 8.97. The van der Waals surface area contributed by atoms with Crippen LogP contribution >= 0.6 is 31.9 Å². The van der Waals surface area contributed by atoms with Gasteiger partial charge in [0, 0.05) is 9.30 Å². The van der Waals surface area contributed by atoms with Gasteiger partial charge in [-0.1, -0.05) is 67.8 Å². The second-order valence-electron chi connectivity index (χ2n) is 5.11. The third kappa shape index (κ3) is 3.70. The van der Waals surface area contributed by atoms with Gasteiger partial charge in [-0.2, -0.15) is 0 Å². The van der Waals surface area contributed by atoms with Crippen LogP contribution in [0.3, 0.4) is 0 Å². The van der Waals surface area contributed by atoms with Crippen LogP contribution in [-0.2, 0) is 6.42 Å². The van der Waals surface area contributed by atoms with Gasteiger partial charge in [0.15, 0.2) is 0 Å². The van der Waals surface area contributed by atoms with Gasteiger partial charge >= 0.3 is 0 Å². The van der Waals surface area contributed by atoms with E-state index >= 15 is 0 Å². The molecule has 0 heterocycles. The van der Waals surface area contributed by atoms with Crippen molar-refractivity contribution in [2.45, 2.75) is 32.0 Å². The average molecular weight is 382 g/mol. The molecular formula is C17H18Br2. The fourth-order valence-electron chi connectivity index (χ4n) is 2.19. The molecule has 0 nitrogen and oxygen atoms in total. The highest BCUT2D eigenvalue weighted by Gasteiger charge is 2.11. The van der Waals surface area contributed by atoms with Crippen LogP contribution in [0.25, 0.3) is 0 Å². The predicted octanol–water partition coefficient (Wildman–Crippen LogP) is 6.05. The van der Waals surface area contributed by atoms with Gasteiger partial charge in [0.05, 0.1) is 0 Å². The van der Waals surface area contributed by atoms with Crippen LogP contribution in [0, 0.1) is 20.8 Å². The van der Waals surface area contributed by atoms with E-state index in [2.05, 4.69) is 89.0 Å². The standard InChI is InChI=1S/C17H18Br2/c1-11-4-5-12(2)15(8-11)10-17(19)14-6-7-16(18)13(3)9-14/h4-9,17H,10H2,1-3H3. The Bertz CT molecular complexity index is 588. The topological polar surface area (TPSA) is 0 Å². The molecule has 0 bridgehead atoms. The normalized spacial score (nSPS) is 12.5. The smallest absolute Gasteiger partial charge is 0.0435 e. The number of hydrogen-bond donors (Lipinski definition) is 0. The van der Waals surface area contributed by atoms with Crippen LogP contribution in [0.5, 0.6) is 0 Å². The molecule has 0 saturated carbocycles. The maximum atomic E-state index is 3.82. The second kappa shape index (κ2) is 6.23. The lowest BCUT2D eigenvalue weighted by Gasteiger charge is -2.14. The Morgan fingerprint density at radius 3 is 2.37 bits per heavy atom. The Kier molecular flexibility index (Phi) is 4.86. The SMILES string of the molecule is Cc1ccc(C)c(CC(Br)c2ccc(Br)c(C)c2)c1. The summed E-state index contributed by atoms with van der Waals surface area (Å²) in [5, 5.41) is 0. The Morgan fingerprint density at radius 1 is 0.947 bits per heavy atom. The van der Waals surface area contributed by atoms with Gasteiger partial charge in [-0.25, -0.2) is 0 Å². The molecule has 0 aliphatic carbocycles. The molecule has 2 aromatic carbocycles. The lowest BCUT2D eigenvalue weighted by molar-refractivity contribution is 0.934. The first-order valence-corrected chi connectivity index (χ1v) is 8.14. The van der Waals surface area contributed by atoms with Gasteiger partial charge in [0.2, 0.25) is 0 Å². The van der Waals surface area contributed by atoms with E-state index in [0.717, 1.165) is 6.42 Å². The average Bonchev–Trinajstić information content (AvgIpc) is 2.37. The quantitative estimate of drug-likeness (QED) is 0.567. The minimum atomic E-state index is 0.361. The Balaban J connectivity index is 2.22. The van der Waals surface area contributed by atoms with Crippen LogP contribution in [0.4, 0.5) is 0 Å². The molecular weight excluding hydrogens is 364 g/mol. The summed E-state index contributed by atoms with van der Waals surface area (Å²) in [5.41, 5.74) is 6.73. The summed E-state index contributed by atoms with van der Waals surface area (Å²) in [6, 6.07) is 13.2. The largest absolute Gasteiger partial charge is 0.0835 e. The van der Waals surface area contributed by atoms with Crippen molar-refractivity contribution < 1.29 is 0 Å². The van der Waals surface area contributed by atoms with Gasteiger partial charge in [0.25, 0.3) is 0 Å². The van der Waals surface area contributed by atoms with Crippen molar-refractivity contribution in [3.63, 3.8) is 0 Å². The molecule has 2 rings (SSSR count). The van der Waals surface area contributed by atoms with Crippen LogP contribution in [-0.4, -0.2) is 0 Å². The Morgan fingerprint density at radius 2 is 1.68 bits per heavy atom. The van der Waals surface area contributed by atoms with Crippen molar-refractivity contribution in [3.05, 3.63) is 68.7 Å². The first-order valence-electron chi connectivity index (χ1n) is 6.43. The number of benzene rings is 2. The van der Waals surface area contributed by atoms with E-state index in [1.165, 1.54) is 32.3 Å². The molecule has 0 N–H and O–H groups in total. The predicted molar refractivity (Wildman–Crippen MR) is 90.2 cm³/mol. The van der Waals surface area contributed by atoms with E-state index in [9.17, 15) is 0 Å². The van der Waals surface area contributed by atoms with Crippen LogP contribution in [0.2, 0.25) is 0 Å². The highest BCUT2D eigenvalue weighted by molar-refractivity contribution is 9.10. The summed E-state index contributed by atoms with van der Waals surface area (Å²) in [4.78, 5) is 0.361. The highest BCUT2D eigenvalue weighted by atomic mass is 79.9. The maximum absolute atomic E-state index is 3.82. The molecule has 2 aromatic rings. The van der Waals surface area contributed by atoms with Crippen molar-refractivity contribution in [3.8, 4) is 0 Å². The molecule has 19 heavy (non-hydrogen) atoms. The van der Waals surface area contributed by atoms with Crippen molar-refractivity contribution in [1.29, 1.82) is 0 Å². The van der Waals surface area contributed by atoms with E-state index in [-0.39, 0.29) is 0 Å². The molecule has 0 aliphatic heterocycles. The zero-order valence-electron chi connectivity index (χ0n) is 11.5. The molecule has 0 aliphatic rings. The summed E-state index contributed by atoms with van der Waals surface area (Å²) >= 11 is 7.38. The lowest BCUT2D eigenvalue weighted by Crippen LogP contribution is -1.98. The van der Waals surface area contributed by atoms with E-state index in [1.807, 2.05) is 0 Å². The van der Waals surface area contributed by atoms with E-state index < -0.39 is 0 Å². The number of aryl methyl sites for hydroxylation is 3. The zero-order valence-corrected chi connectivity index (χ0v) is 14.7. The minimum absolute atomic E-state index is 0.361. The zero-order chi connectivity index (χ0) is 14.0. The molecule has 0 spiro atoms. The van der Waals surface area contributed by atoms with E-state index in [1.54, 1.807) is 0 Å². The number of alkyl halides is 1. The number of halogens is 2. The molecule has 0 fully saturated rings. The number of rotatable bonds is 3. The Hall–Kier alpha value is -0.600. The minimum Gasteiger partial charge on any atom is -0.0835 e. The van der Waals surface area contributed by atoms with Crippen molar-refractivity contribution in [2.24, 2.45) is 0 Å². The van der Waals surface area contributed by atoms with E-state index in [0.29, 0.717) is 4.83 Å². The molecule has 0 radical (unpaired) electrons. The molecule has 1 atom stereocenters. The lowest BCUT2D eigenvalue weighted by atomic mass is 9.98. The monoisotopic (exact) mass is 380 g/mol.